The molecular weight excluding hydrogens is 338 g/mol. The molecule has 0 saturated heterocycles. The Morgan fingerprint density at radius 3 is 2.76 bits per heavy atom. The first-order valence-electron chi connectivity index (χ1n) is 5.42. The smallest absolute Gasteiger partial charge is 0.258 e. The van der Waals surface area contributed by atoms with Gasteiger partial charge in [0.25, 0.3) is 15.7 Å². The molecule has 110 valence electrons. The van der Waals surface area contributed by atoms with E-state index in [1.807, 2.05) is 10.2 Å². The third-order valence-corrected chi connectivity index (χ3v) is 4.68. The van der Waals surface area contributed by atoms with Crippen molar-refractivity contribution < 1.29 is 13.3 Å². The van der Waals surface area contributed by atoms with Crippen molar-refractivity contribution in [2.75, 3.05) is 0 Å². The van der Waals surface area contributed by atoms with Crippen LogP contribution >= 0.6 is 22.9 Å². The molecule has 0 unspecified atom stereocenters. The summed E-state index contributed by atoms with van der Waals surface area (Å²) in [7, 11) is -3.99. The van der Waals surface area contributed by atoms with Gasteiger partial charge in [0.2, 0.25) is 0 Å². The molecule has 0 atom stereocenters. The van der Waals surface area contributed by atoms with Crippen molar-refractivity contribution in [3.05, 3.63) is 55.7 Å². The fraction of sp³-hybridized carbons (Fsp3) is 0. The van der Waals surface area contributed by atoms with Crippen molar-refractivity contribution in [1.29, 1.82) is 0 Å². The predicted octanol–water partition coefficient (Wildman–Crippen LogP) is 2.62. The molecular formula is C11H8ClN3O4S2. The molecule has 1 aromatic heterocycles. The zero-order chi connectivity index (χ0) is 15.5. The number of sulfonamides is 1. The topological polar surface area (TPSA) is 102 Å². The van der Waals surface area contributed by atoms with Crippen LogP contribution < -0.4 is 4.83 Å². The minimum atomic E-state index is -3.99. The number of benzene rings is 1. The van der Waals surface area contributed by atoms with Crippen molar-refractivity contribution in [2.24, 2.45) is 5.10 Å². The Labute approximate surface area is 129 Å². The summed E-state index contributed by atoms with van der Waals surface area (Å²) < 4.78 is 23.9. The van der Waals surface area contributed by atoms with Gasteiger partial charge < -0.3 is 0 Å². The number of nitrogens with one attached hydrogen (secondary N) is 1. The van der Waals surface area contributed by atoms with Crippen LogP contribution in [0.25, 0.3) is 0 Å². The first-order valence-corrected chi connectivity index (χ1v) is 8.16. The molecule has 1 aromatic carbocycles. The zero-order valence-corrected chi connectivity index (χ0v) is 12.7. The number of halogens is 1. The lowest BCUT2D eigenvalue weighted by atomic mass is 10.3. The van der Waals surface area contributed by atoms with Gasteiger partial charge in [-0.1, -0.05) is 17.7 Å². The van der Waals surface area contributed by atoms with Crippen molar-refractivity contribution in [2.45, 2.75) is 4.90 Å². The summed E-state index contributed by atoms with van der Waals surface area (Å²) in [5, 5.41) is 16.0. The maximum atomic E-state index is 12.0. The lowest BCUT2D eigenvalue weighted by Crippen LogP contribution is -2.18. The Balaban J connectivity index is 2.23. The highest BCUT2D eigenvalue weighted by atomic mass is 35.5. The second-order valence-electron chi connectivity index (χ2n) is 3.74. The number of nitrogens with zero attached hydrogens (tertiary/aromatic N) is 2. The summed E-state index contributed by atoms with van der Waals surface area (Å²) in [6.45, 7) is 0. The van der Waals surface area contributed by atoms with Crippen molar-refractivity contribution in [3.8, 4) is 0 Å². The van der Waals surface area contributed by atoms with E-state index in [1.165, 1.54) is 23.6 Å². The Bertz CT molecular complexity index is 788. The van der Waals surface area contributed by atoms with E-state index in [0.717, 1.165) is 17.0 Å². The number of rotatable bonds is 5. The van der Waals surface area contributed by atoms with Crippen LogP contribution in [0.3, 0.4) is 0 Å². The molecule has 0 spiro atoms. The fourth-order valence-electron chi connectivity index (χ4n) is 1.38. The molecule has 0 aliphatic heterocycles. The number of thiophene rings is 1. The van der Waals surface area contributed by atoms with E-state index in [1.54, 1.807) is 12.1 Å². The summed E-state index contributed by atoms with van der Waals surface area (Å²) in [6.07, 6.45) is 1.34. The second kappa shape index (κ2) is 6.20. The molecule has 2 rings (SSSR count). The zero-order valence-electron chi connectivity index (χ0n) is 10.3. The summed E-state index contributed by atoms with van der Waals surface area (Å²) in [5.41, 5.74) is -0.484. The number of hydrogen-bond acceptors (Lipinski definition) is 6. The van der Waals surface area contributed by atoms with Gasteiger partial charge in [0.1, 0.15) is 5.02 Å². The van der Waals surface area contributed by atoms with Gasteiger partial charge in [-0.05, 0) is 23.6 Å². The molecule has 1 N–H and O–H groups in total. The van der Waals surface area contributed by atoms with E-state index in [2.05, 4.69) is 5.10 Å². The van der Waals surface area contributed by atoms with Crippen molar-refractivity contribution in [1.82, 2.24) is 4.83 Å². The molecule has 0 fully saturated rings. The highest BCUT2D eigenvalue weighted by Crippen LogP contribution is 2.26. The quantitative estimate of drug-likeness (QED) is 0.511. The lowest BCUT2D eigenvalue weighted by molar-refractivity contribution is -0.384. The molecule has 0 radical (unpaired) electrons. The van der Waals surface area contributed by atoms with Crippen LogP contribution in [-0.4, -0.2) is 19.6 Å². The van der Waals surface area contributed by atoms with Gasteiger partial charge in [-0.15, -0.1) is 11.3 Å². The van der Waals surface area contributed by atoms with Gasteiger partial charge in [-0.25, -0.2) is 4.83 Å². The van der Waals surface area contributed by atoms with Gasteiger partial charge >= 0.3 is 0 Å². The van der Waals surface area contributed by atoms with Crippen molar-refractivity contribution >= 4 is 44.9 Å². The van der Waals surface area contributed by atoms with E-state index in [-0.39, 0.29) is 9.92 Å². The molecule has 0 aliphatic carbocycles. The molecule has 0 amide bonds. The predicted molar refractivity (Wildman–Crippen MR) is 80.3 cm³/mol. The first-order chi connectivity index (χ1) is 9.90. The minimum absolute atomic E-state index is 0.138. The summed E-state index contributed by atoms with van der Waals surface area (Å²) in [5.74, 6) is 0. The Kier molecular flexibility index (Phi) is 4.56. The molecule has 10 heteroatoms. The maximum Gasteiger partial charge on any atom is 0.289 e. The standard InChI is InChI=1S/C11H8ClN3O4S2/c12-10-4-3-9(6-11(10)15(16)17)21(18,19)14-13-7-8-2-1-5-20-8/h1-7,14H/b13-7-. The van der Waals surface area contributed by atoms with E-state index in [4.69, 9.17) is 11.6 Å². The molecule has 0 aliphatic rings. The third kappa shape index (κ3) is 3.78. The molecule has 1 heterocycles. The monoisotopic (exact) mass is 345 g/mol. The minimum Gasteiger partial charge on any atom is -0.258 e. The van der Waals surface area contributed by atoms with Crippen LogP contribution in [0.2, 0.25) is 5.02 Å². The molecule has 0 bridgehead atoms. The summed E-state index contributed by atoms with van der Waals surface area (Å²) >= 11 is 7.01. The lowest BCUT2D eigenvalue weighted by Gasteiger charge is -2.03. The van der Waals surface area contributed by atoms with Crippen LogP contribution in [0.15, 0.2) is 45.7 Å². The molecule has 21 heavy (non-hydrogen) atoms. The number of hydrazone groups is 1. The summed E-state index contributed by atoms with van der Waals surface area (Å²) in [6, 6.07) is 6.75. The second-order valence-corrected chi connectivity index (χ2v) is 6.79. The Hall–Kier alpha value is -1.97. The van der Waals surface area contributed by atoms with Crippen LogP contribution in [0.5, 0.6) is 0 Å². The number of nitro benzene ring substituents is 1. The number of nitro groups is 1. The fourth-order valence-corrected chi connectivity index (χ4v) is 2.96. The van der Waals surface area contributed by atoms with Gasteiger partial charge in [-0.2, -0.15) is 13.5 Å². The van der Waals surface area contributed by atoms with Crippen LogP contribution in [-0.2, 0) is 10.0 Å². The van der Waals surface area contributed by atoms with Crippen LogP contribution in [0.1, 0.15) is 4.88 Å². The highest BCUT2D eigenvalue weighted by molar-refractivity contribution is 7.89. The SMILES string of the molecule is O=[N+]([O-])c1cc(S(=O)(=O)N/N=C\c2cccs2)ccc1Cl. The largest absolute Gasteiger partial charge is 0.289 e. The average molecular weight is 346 g/mol. The summed E-state index contributed by atoms with van der Waals surface area (Å²) in [4.78, 5) is 12.4. The molecule has 0 saturated carbocycles. The van der Waals surface area contributed by atoms with Gasteiger partial charge in [0.05, 0.1) is 16.0 Å². The molecule has 2 aromatic rings. The highest BCUT2D eigenvalue weighted by Gasteiger charge is 2.20. The van der Waals surface area contributed by atoms with E-state index in [0.29, 0.717) is 0 Å². The van der Waals surface area contributed by atoms with Crippen LogP contribution in [0.4, 0.5) is 5.69 Å². The van der Waals surface area contributed by atoms with E-state index < -0.39 is 20.6 Å². The normalized spacial score (nSPS) is 11.7. The van der Waals surface area contributed by atoms with Crippen molar-refractivity contribution in [3.63, 3.8) is 0 Å². The van der Waals surface area contributed by atoms with Gasteiger partial charge in [-0.3, -0.25) is 10.1 Å². The number of hydrogen-bond donors (Lipinski definition) is 1. The van der Waals surface area contributed by atoms with Gasteiger partial charge in [0, 0.05) is 10.9 Å². The average Bonchev–Trinajstić information content (AvgIpc) is 2.91. The Morgan fingerprint density at radius 2 is 2.14 bits per heavy atom. The molecule has 7 nitrogen and oxygen atoms in total. The maximum absolute atomic E-state index is 12.0. The van der Waals surface area contributed by atoms with Gasteiger partial charge in [0.15, 0.2) is 0 Å². The first kappa shape index (κ1) is 15.4. The van der Waals surface area contributed by atoms with Crippen LogP contribution in [0, 0.1) is 10.1 Å². The van der Waals surface area contributed by atoms with E-state index in [9.17, 15) is 18.5 Å². The van der Waals surface area contributed by atoms with E-state index >= 15 is 0 Å². The third-order valence-electron chi connectivity index (χ3n) is 2.33. The Morgan fingerprint density at radius 1 is 1.38 bits per heavy atom.